The molecule has 0 fully saturated rings. The second-order valence-corrected chi connectivity index (χ2v) is 8.35. The number of aryl methyl sites for hydroxylation is 1. The van der Waals surface area contributed by atoms with Gasteiger partial charge in [-0.3, -0.25) is 14.1 Å². The predicted molar refractivity (Wildman–Crippen MR) is 126 cm³/mol. The topological polar surface area (TPSA) is 63.6 Å². The Morgan fingerprint density at radius 1 is 1.19 bits per heavy atom. The lowest BCUT2D eigenvalue weighted by Crippen LogP contribution is -2.21. The van der Waals surface area contributed by atoms with Crippen molar-refractivity contribution in [1.82, 2.24) is 14.1 Å². The molecular formula is C26H26N4O. The summed E-state index contributed by atoms with van der Waals surface area (Å²) >= 11 is 0. The molecule has 2 aromatic heterocycles. The van der Waals surface area contributed by atoms with Crippen molar-refractivity contribution in [3.63, 3.8) is 0 Å². The Bertz CT molecular complexity index is 1430. The van der Waals surface area contributed by atoms with Gasteiger partial charge in [0.25, 0.3) is 0 Å². The number of nitriles is 1. The van der Waals surface area contributed by atoms with E-state index in [0.717, 1.165) is 45.2 Å². The van der Waals surface area contributed by atoms with Crippen LogP contribution in [0.2, 0.25) is 0 Å². The zero-order valence-electron chi connectivity index (χ0n) is 18.6. The zero-order chi connectivity index (χ0) is 22.3. The van der Waals surface area contributed by atoms with Crippen molar-refractivity contribution in [3.05, 3.63) is 76.3 Å². The van der Waals surface area contributed by atoms with E-state index in [9.17, 15) is 10.1 Å². The summed E-state index contributed by atoms with van der Waals surface area (Å²) in [6, 6.07) is 16.2. The summed E-state index contributed by atoms with van der Waals surface area (Å²) in [5.41, 5.74) is 5.86. The van der Waals surface area contributed by atoms with Gasteiger partial charge in [-0.2, -0.15) is 5.26 Å². The van der Waals surface area contributed by atoms with Gasteiger partial charge in [0.15, 0.2) is 0 Å². The second kappa shape index (κ2) is 7.55. The molecule has 31 heavy (non-hydrogen) atoms. The largest absolute Gasteiger partial charge is 0.333 e. The number of nitrogens with zero attached hydrogens (tertiary/aromatic N) is 4. The highest BCUT2D eigenvalue weighted by Gasteiger charge is 2.21. The van der Waals surface area contributed by atoms with E-state index < -0.39 is 5.41 Å². The Kier molecular flexibility index (Phi) is 5.02. The van der Waals surface area contributed by atoms with Crippen molar-refractivity contribution >= 4 is 27.5 Å². The third-order valence-electron chi connectivity index (χ3n) is 6.11. The van der Waals surface area contributed by atoms with E-state index in [1.807, 2.05) is 51.1 Å². The molecule has 5 heteroatoms. The van der Waals surface area contributed by atoms with Crippen LogP contribution in [0, 0.1) is 11.3 Å². The van der Waals surface area contributed by atoms with Crippen molar-refractivity contribution in [2.75, 3.05) is 0 Å². The van der Waals surface area contributed by atoms with E-state index in [-0.39, 0.29) is 5.69 Å². The Labute approximate surface area is 181 Å². The lowest BCUT2D eigenvalue weighted by molar-refractivity contribution is 0.686. The number of hydrogen-bond donors (Lipinski definition) is 0. The van der Waals surface area contributed by atoms with Gasteiger partial charge in [-0.1, -0.05) is 31.2 Å². The van der Waals surface area contributed by atoms with Crippen molar-refractivity contribution in [2.24, 2.45) is 7.05 Å². The molecule has 2 heterocycles. The standard InChI is InChI=1S/C26H26N4O/c1-6-17(7-2)18-8-13-22-21(14-18)24-23(15-28-22)29(5)25(31)30(24)20-11-9-19(10-12-20)26(3,4)16-27/h6,8-15H,7H2,1-5H3. The van der Waals surface area contributed by atoms with Crippen LogP contribution in [0.15, 0.2) is 59.5 Å². The Morgan fingerprint density at radius 2 is 1.90 bits per heavy atom. The minimum absolute atomic E-state index is 0.122. The fraction of sp³-hybridized carbons (Fsp3) is 0.269. The quantitative estimate of drug-likeness (QED) is 0.447. The van der Waals surface area contributed by atoms with Crippen molar-refractivity contribution in [3.8, 4) is 11.8 Å². The van der Waals surface area contributed by atoms with Crippen LogP contribution in [0.5, 0.6) is 0 Å². The van der Waals surface area contributed by atoms with Gasteiger partial charge in [0.2, 0.25) is 0 Å². The van der Waals surface area contributed by atoms with Gasteiger partial charge in [0.1, 0.15) is 0 Å². The highest BCUT2D eigenvalue weighted by molar-refractivity contribution is 6.04. The van der Waals surface area contributed by atoms with Crippen molar-refractivity contribution in [1.29, 1.82) is 5.26 Å². The van der Waals surface area contributed by atoms with Gasteiger partial charge in [0, 0.05) is 12.4 Å². The molecule has 0 radical (unpaired) electrons. The molecule has 0 unspecified atom stereocenters. The summed E-state index contributed by atoms with van der Waals surface area (Å²) in [4.78, 5) is 17.8. The maximum atomic E-state index is 13.2. The third-order valence-corrected chi connectivity index (χ3v) is 6.11. The number of fused-ring (bicyclic) bond motifs is 3. The summed E-state index contributed by atoms with van der Waals surface area (Å²) < 4.78 is 3.38. The summed E-state index contributed by atoms with van der Waals surface area (Å²) in [6.07, 6.45) is 4.82. The minimum atomic E-state index is -0.587. The molecule has 0 bridgehead atoms. The van der Waals surface area contributed by atoms with Gasteiger partial charge < -0.3 is 0 Å². The molecular weight excluding hydrogens is 384 g/mol. The fourth-order valence-electron chi connectivity index (χ4n) is 4.10. The molecule has 0 aliphatic carbocycles. The first-order chi connectivity index (χ1) is 14.8. The number of imidazole rings is 1. The van der Waals surface area contributed by atoms with Crippen LogP contribution in [0.3, 0.4) is 0 Å². The number of pyridine rings is 1. The van der Waals surface area contributed by atoms with Gasteiger partial charge >= 0.3 is 5.69 Å². The molecule has 0 N–H and O–H groups in total. The van der Waals surface area contributed by atoms with Crippen molar-refractivity contribution in [2.45, 2.75) is 39.5 Å². The van der Waals surface area contributed by atoms with E-state index in [1.54, 1.807) is 22.4 Å². The van der Waals surface area contributed by atoms with E-state index in [1.165, 1.54) is 5.57 Å². The first kappa shape index (κ1) is 20.6. The van der Waals surface area contributed by atoms with E-state index in [0.29, 0.717) is 0 Å². The van der Waals surface area contributed by atoms with Crippen LogP contribution in [0.1, 0.15) is 45.2 Å². The predicted octanol–water partition coefficient (Wildman–Crippen LogP) is 5.49. The molecule has 5 nitrogen and oxygen atoms in total. The van der Waals surface area contributed by atoms with E-state index in [4.69, 9.17) is 0 Å². The minimum Gasteiger partial charge on any atom is -0.293 e. The molecule has 2 aromatic carbocycles. The highest BCUT2D eigenvalue weighted by atomic mass is 16.1. The van der Waals surface area contributed by atoms with Gasteiger partial charge in [-0.25, -0.2) is 4.79 Å². The molecule has 156 valence electrons. The van der Waals surface area contributed by atoms with Crippen molar-refractivity contribution < 1.29 is 0 Å². The lowest BCUT2D eigenvalue weighted by atomic mass is 9.86. The molecule has 0 saturated carbocycles. The molecule has 4 aromatic rings. The summed E-state index contributed by atoms with van der Waals surface area (Å²) in [5, 5.41) is 10.4. The third kappa shape index (κ3) is 3.25. The smallest absolute Gasteiger partial charge is 0.293 e. The van der Waals surface area contributed by atoms with Crippen LogP contribution in [-0.4, -0.2) is 14.1 Å². The molecule has 0 saturated heterocycles. The summed E-state index contributed by atoms with van der Waals surface area (Å²) in [6.45, 7) is 7.96. The van der Waals surface area contributed by atoms with Gasteiger partial charge in [-0.15, -0.1) is 0 Å². The molecule has 0 aliphatic heterocycles. The first-order valence-corrected chi connectivity index (χ1v) is 10.5. The summed E-state index contributed by atoms with van der Waals surface area (Å²) in [7, 11) is 1.77. The SMILES string of the molecule is CC=C(CC)c1ccc2ncc3c(c2c1)n(-c1ccc(C(C)(C)C#N)cc1)c(=O)n3C. The molecule has 0 aliphatic rings. The average Bonchev–Trinajstić information content (AvgIpc) is 3.05. The van der Waals surface area contributed by atoms with Crippen LogP contribution in [0.4, 0.5) is 0 Å². The second-order valence-electron chi connectivity index (χ2n) is 8.35. The molecule has 0 atom stereocenters. The van der Waals surface area contributed by atoms with E-state index >= 15 is 0 Å². The van der Waals surface area contributed by atoms with Gasteiger partial charge in [0.05, 0.1) is 39.9 Å². The lowest BCUT2D eigenvalue weighted by Gasteiger charge is -2.16. The highest BCUT2D eigenvalue weighted by Crippen LogP contribution is 2.30. The maximum absolute atomic E-state index is 13.2. The number of rotatable bonds is 4. The maximum Gasteiger partial charge on any atom is 0.333 e. The first-order valence-electron chi connectivity index (χ1n) is 10.5. The Balaban J connectivity index is 2.03. The zero-order valence-corrected chi connectivity index (χ0v) is 18.6. The van der Waals surface area contributed by atoms with Crippen LogP contribution < -0.4 is 5.69 Å². The van der Waals surface area contributed by atoms with Crippen LogP contribution in [-0.2, 0) is 12.5 Å². The molecule has 0 amide bonds. The van der Waals surface area contributed by atoms with Crippen LogP contribution in [0.25, 0.3) is 33.2 Å². The number of allylic oxidation sites excluding steroid dienone is 2. The number of benzene rings is 2. The monoisotopic (exact) mass is 410 g/mol. The fourth-order valence-corrected chi connectivity index (χ4v) is 4.10. The Hall–Kier alpha value is -3.65. The van der Waals surface area contributed by atoms with Crippen LogP contribution >= 0.6 is 0 Å². The number of aromatic nitrogens is 3. The number of hydrogen-bond acceptors (Lipinski definition) is 3. The summed E-state index contributed by atoms with van der Waals surface area (Å²) in [5.74, 6) is 0. The Morgan fingerprint density at radius 3 is 2.52 bits per heavy atom. The molecule has 4 rings (SSSR count). The van der Waals surface area contributed by atoms with Gasteiger partial charge in [-0.05, 0) is 68.2 Å². The molecule has 0 spiro atoms. The normalized spacial score (nSPS) is 12.5. The average molecular weight is 411 g/mol. The van der Waals surface area contributed by atoms with E-state index in [2.05, 4.69) is 36.2 Å².